The maximum Gasteiger partial charge on any atom is 0.240 e. The van der Waals surface area contributed by atoms with Crippen molar-refractivity contribution in [3.8, 4) is 0 Å². The summed E-state index contributed by atoms with van der Waals surface area (Å²) in [4.78, 5) is 24.0. The SMILES string of the molecule is Nc1ccccc1C(O)CN1CC(=O)NC(=O)C1. The summed E-state index contributed by atoms with van der Waals surface area (Å²) in [6, 6.07) is 6.99. The summed E-state index contributed by atoms with van der Waals surface area (Å²) in [6.07, 6.45) is -0.815. The molecule has 1 aromatic rings. The number of rotatable bonds is 3. The number of amides is 2. The molecule has 1 unspecified atom stereocenters. The van der Waals surface area contributed by atoms with Crippen molar-refractivity contribution in [2.45, 2.75) is 6.10 Å². The molecule has 0 spiro atoms. The van der Waals surface area contributed by atoms with Crippen LogP contribution in [-0.4, -0.2) is 41.5 Å². The van der Waals surface area contributed by atoms with Crippen LogP contribution in [0.1, 0.15) is 11.7 Å². The molecule has 6 nitrogen and oxygen atoms in total. The maximum absolute atomic E-state index is 11.2. The lowest BCUT2D eigenvalue weighted by Gasteiger charge is -2.27. The Morgan fingerprint density at radius 2 is 1.89 bits per heavy atom. The van der Waals surface area contributed by atoms with Gasteiger partial charge in [0.15, 0.2) is 0 Å². The van der Waals surface area contributed by atoms with Crippen LogP contribution in [0.15, 0.2) is 24.3 Å². The number of carbonyl (C=O) groups is 2. The molecule has 1 heterocycles. The van der Waals surface area contributed by atoms with Gasteiger partial charge in [0.2, 0.25) is 11.8 Å². The summed E-state index contributed by atoms with van der Waals surface area (Å²) in [6.45, 7) is 0.415. The fourth-order valence-electron chi connectivity index (χ4n) is 1.98. The molecule has 0 aromatic heterocycles. The highest BCUT2D eigenvalue weighted by Crippen LogP contribution is 2.20. The maximum atomic E-state index is 11.2. The third kappa shape index (κ3) is 2.85. The summed E-state index contributed by atoms with van der Waals surface area (Å²) >= 11 is 0. The lowest BCUT2D eigenvalue weighted by atomic mass is 10.1. The molecule has 96 valence electrons. The number of piperazine rings is 1. The van der Waals surface area contributed by atoms with Crippen LogP contribution >= 0.6 is 0 Å². The van der Waals surface area contributed by atoms with Crippen molar-refractivity contribution in [2.24, 2.45) is 0 Å². The van der Waals surface area contributed by atoms with E-state index < -0.39 is 6.10 Å². The number of anilines is 1. The Hall–Kier alpha value is -1.92. The summed E-state index contributed by atoms with van der Waals surface area (Å²) in [5.74, 6) is -0.695. The number of β-amino-alcohol motifs (C(OH)–C–C–N with tert-alkyl or cyclic N) is 1. The number of aliphatic hydroxyl groups excluding tert-OH is 1. The summed E-state index contributed by atoms with van der Waals surface area (Å²) < 4.78 is 0. The number of nitrogens with zero attached hydrogens (tertiary/aromatic N) is 1. The van der Waals surface area contributed by atoms with Crippen molar-refractivity contribution >= 4 is 17.5 Å². The van der Waals surface area contributed by atoms with E-state index in [1.165, 1.54) is 0 Å². The van der Waals surface area contributed by atoms with E-state index in [0.717, 1.165) is 0 Å². The van der Waals surface area contributed by atoms with Crippen molar-refractivity contribution < 1.29 is 14.7 Å². The molecular weight excluding hydrogens is 234 g/mol. The van der Waals surface area contributed by atoms with E-state index in [-0.39, 0.29) is 31.4 Å². The van der Waals surface area contributed by atoms with Gasteiger partial charge < -0.3 is 10.8 Å². The predicted molar refractivity (Wildman–Crippen MR) is 65.4 cm³/mol. The molecule has 1 aromatic carbocycles. The zero-order chi connectivity index (χ0) is 13.1. The molecule has 1 fully saturated rings. The van der Waals surface area contributed by atoms with Crippen LogP contribution in [0.3, 0.4) is 0 Å². The van der Waals surface area contributed by atoms with Gasteiger partial charge in [-0.2, -0.15) is 0 Å². The van der Waals surface area contributed by atoms with Gasteiger partial charge in [0.05, 0.1) is 19.2 Å². The van der Waals surface area contributed by atoms with E-state index in [4.69, 9.17) is 5.73 Å². The number of hydrogen-bond acceptors (Lipinski definition) is 5. The first kappa shape index (κ1) is 12.5. The van der Waals surface area contributed by atoms with Crippen LogP contribution < -0.4 is 11.1 Å². The molecule has 6 heteroatoms. The molecule has 2 amide bonds. The minimum Gasteiger partial charge on any atom is -0.398 e. The number of para-hydroxylation sites is 1. The van der Waals surface area contributed by atoms with E-state index >= 15 is 0 Å². The van der Waals surface area contributed by atoms with Crippen molar-refractivity contribution in [1.82, 2.24) is 10.2 Å². The second-order valence-electron chi connectivity index (χ2n) is 4.29. The topological polar surface area (TPSA) is 95.7 Å². The number of nitrogen functional groups attached to an aromatic ring is 1. The fraction of sp³-hybridized carbons (Fsp3) is 0.333. The molecule has 2 rings (SSSR count). The highest BCUT2D eigenvalue weighted by molar-refractivity contribution is 5.99. The van der Waals surface area contributed by atoms with E-state index in [2.05, 4.69) is 5.32 Å². The lowest BCUT2D eigenvalue weighted by molar-refractivity contribution is -0.136. The third-order valence-corrected chi connectivity index (χ3v) is 2.80. The zero-order valence-corrected chi connectivity index (χ0v) is 9.80. The van der Waals surface area contributed by atoms with E-state index in [0.29, 0.717) is 11.3 Å². The monoisotopic (exact) mass is 249 g/mol. The van der Waals surface area contributed by atoms with Gasteiger partial charge in [0.1, 0.15) is 0 Å². The second kappa shape index (κ2) is 5.16. The Kier molecular flexibility index (Phi) is 3.59. The molecule has 18 heavy (non-hydrogen) atoms. The molecule has 0 bridgehead atoms. The van der Waals surface area contributed by atoms with Gasteiger partial charge in [-0.1, -0.05) is 18.2 Å². The number of benzene rings is 1. The molecule has 4 N–H and O–H groups in total. The summed E-state index contributed by atoms with van der Waals surface area (Å²) in [7, 11) is 0. The Balaban J connectivity index is 2.03. The molecule has 0 saturated carbocycles. The van der Waals surface area contributed by atoms with Gasteiger partial charge in [-0.05, 0) is 6.07 Å². The van der Waals surface area contributed by atoms with Crippen LogP contribution in [-0.2, 0) is 9.59 Å². The Morgan fingerprint density at radius 3 is 2.50 bits per heavy atom. The fourth-order valence-corrected chi connectivity index (χ4v) is 1.98. The standard InChI is InChI=1S/C12H15N3O3/c13-9-4-2-1-3-8(9)10(16)5-15-6-11(17)14-12(18)7-15/h1-4,10,16H,5-7,13H2,(H,14,17,18). The first-order valence-electron chi connectivity index (χ1n) is 5.64. The van der Waals surface area contributed by atoms with Gasteiger partial charge in [0, 0.05) is 17.8 Å². The highest BCUT2D eigenvalue weighted by Gasteiger charge is 2.24. The van der Waals surface area contributed by atoms with Crippen LogP contribution in [0.2, 0.25) is 0 Å². The quantitative estimate of drug-likeness (QED) is 0.484. The van der Waals surface area contributed by atoms with E-state index in [9.17, 15) is 14.7 Å². The Morgan fingerprint density at radius 1 is 1.28 bits per heavy atom. The predicted octanol–water partition coefficient (Wildman–Crippen LogP) is -0.739. The minimum absolute atomic E-state index is 0.107. The number of carbonyl (C=O) groups excluding carboxylic acids is 2. The molecule has 1 saturated heterocycles. The minimum atomic E-state index is -0.815. The van der Waals surface area contributed by atoms with E-state index in [1.807, 2.05) is 0 Å². The summed E-state index contributed by atoms with van der Waals surface area (Å²) in [5.41, 5.74) is 6.86. The molecular formula is C12H15N3O3. The zero-order valence-electron chi connectivity index (χ0n) is 9.80. The van der Waals surface area contributed by atoms with Crippen LogP contribution in [0.25, 0.3) is 0 Å². The van der Waals surface area contributed by atoms with Crippen LogP contribution in [0.4, 0.5) is 5.69 Å². The van der Waals surface area contributed by atoms with Crippen molar-refractivity contribution in [1.29, 1.82) is 0 Å². The average molecular weight is 249 g/mol. The third-order valence-electron chi connectivity index (χ3n) is 2.80. The number of nitrogens with two attached hydrogens (primary N) is 1. The number of nitrogens with one attached hydrogen (secondary N) is 1. The van der Waals surface area contributed by atoms with Crippen molar-refractivity contribution in [3.05, 3.63) is 29.8 Å². The van der Waals surface area contributed by atoms with Crippen molar-refractivity contribution in [3.63, 3.8) is 0 Å². The number of hydrogen-bond donors (Lipinski definition) is 3. The Labute approximate surface area is 104 Å². The number of aliphatic hydroxyl groups is 1. The first-order valence-corrected chi connectivity index (χ1v) is 5.64. The van der Waals surface area contributed by atoms with E-state index in [1.54, 1.807) is 29.2 Å². The lowest BCUT2D eigenvalue weighted by Crippen LogP contribution is -2.52. The van der Waals surface area contributed by atoms with Gasteiger partial charge in [0.25, 0.3) is 0 Å². The largest absolute Gasteiger partial charge is 0.398 e. The molecule has 0 radical (unpaired) electrons. The van der Waals surface area contributed by atoms with Gasteiger partial charge in [-0.3, -0.25) is 19.8 Å². The normalized spacial score (nSPS) is 18.5. The molecule has 1 atom stereocenters. The average Bonchev–Trinajstić information content (AvgIpc) is 2.27. The number of imide groups is 1. The highest BCUT2D eigenvalue weighted by atomic mass is 16.3. The van der Waals surface area contributed by atoms with Gasteiger partial charge in [-0.25, -0.2) is 0 Å². The second-order valence-corrected chi connectivity index (χ2v) is 4.29. The van der Waals surface area contributed by atoms with Crippen LogP contribution in [0, 0.1) is 0 Å². The van der Waals surface area contributed by atoms with Crippen molar-refractivity contribution in [2.75, 3.05) is 25.4 Å². The molecule has 1 aliphatic rings. The summed E-state index contributed by atoms with van der Waals surface area (Å²) in [5, 5.41) is 12.3. The smallest absolute Gasteiger partial charge is 0.240 e. The van der Waals surface area contributed by atoms with Gasteiger partial charge in [-0.15, -0.1) is 0 Å². The first-order chi connectivity index (χ1) is 8.56. The van der Waals surface area contributed by atoms with Gasteiger partial charge >= 0.3 is 0 Å². The molecule has 0 aliphatic carbocycles. The molecule has 1 aliphatic heterocycles. The Bertz CT molecular complexity index is 459. The van der Waals surface area contributed by atoms with Crippen LogP contribution in [0.5, 0.6) is 0 Å².